The van der Waals surface area contributed by atoms with Crippen molar-refractivity contribution in [2.24, 2.45) is 22.7 Å². The number of halogens is 4. The molecule has 3 unspecified atom stereocenters. The first kappa shape index (κ1) is 22.8. The number of rotatable bonds is 4. The van der Waals surface area contributed by atoms with Gasteiger partial charge in [-0.3, -0.25) is 9.89 Å². The maximum absolute atomic E-state index is 12.5. The minimum absolute atomic E-state index is 0. The van der Waals surface area contributed by atoms with Crippen LogP contribution in [-0.4, -0.2) is 67.7 Å². The van der Waals surface area contributed by atoms with Crippen molar-refractivity contribution >= 4 is 29.9 Å². The zero-order chi connectivity index (χ0) is 17.7. The van der Waals surface area contributed by atoms with Crippen molar-refractivity contribution < 1.29 is 13.2 Å². The molecule has 2 aliphatic heterocycles. The van der Waals surface area contributed by atoms with E-state index >= 15 is 0 Å². The largest absolute Gasteiger partial charge is 0.401 e. The van der Waals surface area contributed by atoms with Crippen LogP contribution in [0.5, 0.6) is 0 Å². The van der Waals surface area contributed by atoms with Crippen LogP contribution in [-0.2, 0) is 0 Å². The zero-order valence-corrected chi connectivity index (χ0v) is 17.8. The van der Waals surface area contributed by atoms with Crippen LogP contribution in [0.4, 0.5) is 13.2 Å². The van der Waals surface area contributed by atoms with Crippen LogP contribution < -0.4 is 5.32 Å². The molecule has 0 bridgehead atoms. The first-order valence-electron chi connectivity index (χ1n) is 9.09. The molecule has 2 aliphatic rings. The van der Waals surface area contributed by atoms with E-state index in [2.05, 4.69) is 24.1 Å². The van der Waals surface area contributed by atoms with Gasteiger partial charge in [0.1, 0.15) is 0 Å². The average molecular weight is 476 g/mol. The molecule has 0 aromatic heterocycles. The van der Waals surface area contributed by atoms with Crippen LogP contribution in [0, 0.1) is 17.8 Å². The summed E-state index contributed by atoms with van der Waals surface area (Å²) in [6, 6.07) is 0. The summed E-state index contributed by atoms with van der Waals surface area (Å²) in [5, 5.41) is 3.35. The lowest BCUT2D eigenvalue weighted by atomic mass is 9.92. The second-order valence-corrected chi connectivity index (χ2v) is 7.55. The molecule has 2 rings (SSSR count). The van der Waals surface area contributed by atoms with Crippen molar-refractivity contribution in [3.8, 4) is 0 Å². The molecule has 0 aromatic carbocycles. The van der Waals surface area contributed by atoms with Crippen molar-refractivity contribution in [2.45, 2.75) is 39.8 Å². The predicted molar refractivity (Wildman–Crippen MR) is 107 cm³/mol. The average Bonchev–Trinajstić information content (AvgIpc) is 2.87. The molecule has 4 nitrogen and oxygen atoms in total. The fourth-order valence-electron chi connectivity index (χ4n) is 3.94. The highest BCUT2D eigenvalue weighted by molar-refractivity contribution is 14.0. The highest BCUT2D eigenvalue weighted by Crippen LogP contribution is 2.24. The number of alkyl halides is 3. The minimum Gasteiger partial charge on any atom is -0.357 e. The Labute approximate surface area is 166 Å². The lowest BCUT2D eigenvalue weighted by Gasteiger charge is -2.37. The van der Waals surface area contributed by atoms with Crippen LogP contribution in [0.15, 0.2) is 4.99 Å². The SMILES string of the molecule is CCNC(=NCC1CCN(CC(F)(F)F)C1)N1CC(C)CC(C)C1.I. The smallest absolute Gasteiger partial charge is 0.357 e. The molecule has 8 heteroatoms. The fraction of sp³-hybridized carbons (Fsp3) is 0.941. The number of likely N-dealkylation sites (tertiary alicyclic amines) is 2. The van der Waals surface area contributed by atoms with E-state index in [1.807, 2.05) is 6.92 Å². The third kappa shape index (κ3) is 7.88. The van der Waals surface area contributed by atoms with Crippen molar-refractivity contribution in [1.29, 1.82) is 0 Å². The van der Waals surface area contributed by atoms with Gasteiger partial charge in [0, 0.05) is 32.7 Å². The number of nitrogens with one attached hydrogen (secondary N) is 1. The van der Waals surface area contributed by atoms with E-state index in [0.717, 1.165) is 32.0 Å². The summed E-state index contributed by atoms with van der Waals surface area (Å²) in [4.78, 5) is 8.55. The molecule has 0 saturated carbocycles. The molecular weight excluding hydrogens is 444 g/mol. The Balaban J connectivity index is 0.00000312. The molecule has 25 heavy (non-hydrogen) atoms. The van der Waals surface area contributed by atoms with Gasteiger partial charge in [-0.25, -0.2) is 0 Å². The summed E-state index contributed by atoms with van der Waals surface area (Å²) < 4.78 is 37.4. The second-order valence-electron chi connectivity index (χ2n) is 7.55. The molecule has 0 spiro atoms. The number of hydrogen-bond donors (Lipinski definition) is 1. The topological polar surface area (TPSA) is 30.9 Å². The number of hydrogen-bond acceptors (Lipinski definition) is 2. The Morgan fingerprint density at radius 1 is 1.16 bits per heavy atom. The summed E-state index contributed by atoms with van der Waals surface area (Å²) >= 11 is 0. The van der Waals surface area contributed by atoms with E-state index in [0.29, 0.717) is 31.5 Å². The van der Waals surface area contributed by atoms with Gasteiger partial charge in [0.25, 0.3) is 0 Å². The molecule has 0 radical (unpaired) electrons. The maximum atomic E-state index is 12.5. The second kappa shape index (κ2) is 10.2. The molecule has 0 aliphatic carbocycles. The van der Waals surface area contributed by atoms with Crippen LogP contribution in [0.25, 0.3) is 0 Å². The van der Waals surface area contributed by atoms with Gasteiger partial charge < -0.3 is 10.2 Å². The van der Waals surface area contributed by atoms with Gasteiger partial charge in [-0.1, -0.05) is 13.8 Å². The molecule has 2 fully saturated rings. The third-order valence-electron chi connectivity index (χ3n) is 4.78. The first-order chi connectivity index (χ1) is 11.3. The van der Waals surface area contributed by atoms with E-state index in [4.69, 9.17) is 4.99 Å². The zero-order valence-electron chi connectivity index (χ0n) is 15.5. The van der Waals surface area contributed by atoms with Gasteiger partial charge in [0.05, 0.1) is 6.54 Å². The third-order valence-corrected chi connectivity index (χ3v) is 4.78. The van der Waals surface area contributed by atoms with E-state index in [1.54, 1.807) is 0 Å². The fourth-order valence-corrected chi connectivity index (χ4v) is 3.94. The van der Waals surface area contributed by atoms with Crippen molar-refractivity contribution in [3.63, 3.8) is 0 Å². The summed E-state index contributed by atoms with van der Waals surface area (Å²) in [5.41, 5.74) is 0. The van der Waals surface area contributed by atoms with E-state index in [9.17, 15) is 13.2 Å². The van der Waals surface area contributed by atoms with Gasteiger partial charge in [-0.2, -0.15) is 13.2 Å². The van der Waals surface area contributed by atoms with Crippen molar-refractivity contribution in [1.82, 2.24) is 15.1 Å². The molecule has 1 N–H and O–H groups in total. The van der Waals surface area contributed by atoms with Gasteiger partial charge in [-0.15, -0.1) is 24.0 Å². The van der Waals surface area contributed by atoms with E-state index in [1.165, 1.54) is 11.3 Å². The number of aliphatic imine (C=N–C) groups is 1. The quantitative estimate of drug-likeness (QED) is 0.383. The van der Waals surface area contributed by atoms with Crippen LogP contribution in [0.3, 0.4) is 0 Å². The molecule has 2 saturated heterocycles. The summed E-state index contributed by atoms with van der Waals surface area (Å²) in [6.45, 7) is 10.2. The Morgan fingerprint density at radius 3 is 2.36 bits per heavy atom. The number of nitrogens with zero attached hydrogens (tertiary/aromatic N) is 3. The lowest BCUT2D eigenvalue weighted by molar-refractivity contribution is -0.143. The van der Waals surface area contributed by atoms with Gasteiger partial charge in [0.2, 0.25) is 0 Å². The Hall–Kier alpha value is -0.250. The standard InChI is InChI=1S/C17H31F3N4.HI/c1-4-21-16(24-9-13(2)7-14(3)10-24)22-8-15-5-6-23(11-15)12-17(18,19)20;/h13-15H,4-12H2,1-3H3,(H,21,22);1H. The molecular formula is C17H32F3IN4. The molecule has 3 atom stereocenters. The number of guanidine groups is 1. The Bertz CT molecular complexity index is 421. The van der Waals surface area contributed by atoms with Crippen LogP contribution in [0.2, 0.25) is 0 Å². The van der Waals surface area contributed by atoms with Crippen LogP contribution in [0.1, 0.15) is 33.6 Å². The monoisotopic (exact) mass is 476 g/mol. The van der Waals surface area contributed by atoms with E-state index in [-0.39, 0.29) is 29.9 Å². The van der Waals surface area contributed by atoms with Crippen molar-refractivity contribution in [2.75, 3.05) is 45.8 Å². The van der Waals surface area contributed by atoms with Gasteiger partial charge >= 0.3 is 6.18 Å². The van der Waals surface area contributed by atoms with Gasteiger partial charge in [0.15, 0.2) is 5.96 Å². The van der Waals surface area contributed by atoms with E-state index < -0.39 is 12.7 Å². The molecule has 148 valence electrons. The predicted octanol–water partition coefficient (Wildman–Crippen LogP) is 3.43. The Kier molecular flexibility index (Phi) is 9.28. The maximum Gasteiger partial charge on any atom is 0.401 e. The lowest BCUT2D eigenvalue weighted by Crippen LogP contribution is -2.48. The summed E-state index contributed by atoms with van der Waals surface area (Å²) in [6.07, 6.45) is -2.07. The number of piperidine rings is 1. The highest BCUT2D eigenvalue weighted by Gasteiger charge is 2.34. The normalized spacial score (nSPS) is 28.8. The van der Waals surface area contributed by atoms with Gasteiger partial charge in [-0.05, 0) is 44.1 Å². The van der Waals surface area contributed by atoms with Crippen molar-refractivity contribution in [3.05, 3.63) is 0 Å². The first-order valence-corrected chi connectivity index (χ1v) is 9.09. The summed E-state index contributed by atoms with van der Waals surface area (Å²) in [5.74, 6) is 2.43. The summed E-state index contributed by atoms with van der Waals surface area (Å²) in [7, 11) is 0. The highest BCUT2D eigenvalue weighted by atomic mass is 127. The Morgan fingerprint density at radius 2 is 1.80 bits per heavy atom. The minimum atomic E-state index is -4.10. The van der Waals surface area contributed by atoms with Crippen LogP contribution >= 0.6 is 24.0 Å². The molecule has 0 aromatic rings. The molecule has 0 amide bonds. The molecule has 2 heterocycles.